The average Bonchev–Trinajstić information content (AvgIpc) is 3.18. The first-order valence-electron chi connectivity index (χ1n) is 7.96. The van der Waals surface area contributed by atoms with Crippen molar-refractivity contribution in [1.82, 2.24) is 19.4 Å². The van der Waals surface area contributed by atoms with E-state index in [1.807, 2.05) is 41.9 Å². The number of nitrogens with one attached hydrogen (secondary N) is 1. The van der Waals surface area contributed by atoms with E-state index in [1.54, 1.807) is 24.5 Å². The van der Waals surface area contributed by atoms with Crippen molar-refractivity contribution in [2.75, 3.05) is 18.1 Å². The normalized spacial score (nSPS) is 10.6. The van der Waals surface area contributed by atoms with Gasteiger partial charge in [0.05, 0.1) is 18.0 Å². The topological polar surface area (TPSA) is 85.5 Å². The maximum absolute atomic E-state index is 7.27. The number of rotatable bonds is 3. The Morgan fingerprint density at radius 2 is 2.00 bits per heavy atom. The molecule has 3 heterocycles. The first-order valence-corrected chi connectivity index (χ1v) is 7.96. The lowest BCUT2D eigenvalue weighted by molar-refractivity contribution is 1.14. The van der Waals surface area contributed by atoms with Crippen LogP contribution in [-0.2, 0) is 0 Å². The summed E-state index contributed by atoms with van der Waals surface area (Å²) in [6, 6.07) is 11.2. The van der Waals surface area contributed by atoms with Crippen molar-refractivity contribution in [3.63, 3.8) is 0 Å². The molecule has 0 amide bonds. The van der Waals surface area contributed by atoms with Crippen molar-refractivity contribution in [3.05, 3.63) is 66.4 Å². The zero-order valence-electron chi connectivity index (χ0n) is 14.0. The quantitative estimate of drug-likeness (QED) is 0.556. The second-order valence-electron chi connectivity index (χ2n) is 5.66. The van der Waals surface area contributed by atoms with Crippen LogP contribution in [0, 0.1) is 6.57 Å². The molecule has 0 saturated heterocycles. The zero-order valence-corrected chi connectivity index (χ0v) is 14.0. The van der Waals surface area contributed by atoms with E-state index in [1.165, 1.54) is 0 Å². The summed E-state index contributed by atoms with van der Waals surface area (Å²) >= 11 is 0. The molecular formula is C19H15N7. The SMILES string of the molecule is [C-]#[N+]c1cccc(-c2nc(N)c3nccn3c2-c2ccnc(NC)c2)c1. The van der Waals surface area contributed by atoms with Crippen molar-refractivity contribution in [1.29, 1.82) is 0 Å². The molecule has 0 unspecified atom stereocenters. The molecule has 0 fully saturated rings. The van der Waals surface area contributed by atoms with Crippen LogP contribution in [-0.4, -0.2) is 26.4 Å². The number of aromatic nitrogens is 4. The fourth-order valence-electron chi connectivity index (χ4n) is 2.93. The number of pyridine rings is 1. The highest BCUT2D eigenvalue weighted by molar-refractivity contribution is 5.84. The van der Waals surface area contributed by atoms with Gasteiger partial charge in [-0.25, -0.2) is 19.8 Å². The largest absolute Gasteiger partial charge is 0.381 e. The molecule has 126 valence electrons. The summed E-state index contributed by atoms with van der Waals surface area (Å²) in [6.45, 7) is 7.27. The molecule has 3 N–H and O–H groups in total. The Balaban J connectivity index is 2.07. The Bertz CT molecular complexity index is 1150. The maximum Gasteiger partial charge on any atom is 0.187 e. The van der Waals surface area contributed by atoms with Crippen LogP contribution in [0.3, 0.4) is 0 Å². The molecule has 3 aromatic heterocycles. The van der Waals surface area contributed by atoms with Gasteiger partial charge in [0.15, 0.2) is 17.2 Å². The van der Waals surface area contributed by atoms with Crippen LogP contribution in [0.1, 0.15) is 0 Å². The number of nitrogens with two attached hydrogens (primary N) is 1. The number of anilines is 2. The molecule has 0 aliphatic rings. The number of fused-ring (bicyclic) bond motifs is 1. The molecule has 0 spiro atoms. The highest BCUT2D eigenvalue weighted by Crippen LogP contribution is 2.34. The van der Waals surface area contributed by atoms with E-state index in [2.05, 4.69) is 25.1 Å². The molecule has 0 aliphatic heterocycles. The highest BCUT2D eigenvalue weighted by Gasteiger charge is 2.17. The summed E-state index contributed by atoms with van der Waals surface area (Å²) in [7, 11) is 1.82. The van der Waals surface area contributed by atoms with Gasteiger partial charge in [-0.3, -0.25) is 4.40 Å². The van der Waals surface area contributed by atoms with Crippen LogP contribution in [0.15, 0.2) is 55.0 Å². The van der Waals surface area contributed by atoms with Gasteiger partial charge in [0.1, 0.15) is 5.82 Å². The Morgan fingerprint density at radius 1 is 1.12 bits per heavy atom. The van der Waals surface area contributed by atoms with Crippen LogP contribution in [0.4, 0.5) is 17.3 Å². The molecule has 4 rings (SSSR count). The molecule has 0 bridgehead atoms. The van der Waals surface area contributed by atoms with Crippen LogP contribution >= 0.6 is 0 Å². The van der Waals surface area contributed by atoms with Crippen molar-refractivity contribution < 1.29 is 0 Å². The Labute approximate surface area is 150 Å². The van der Waals surface area contributed by atoms with Crippen LogP contribution in [0.5, 0.6) is 0 Å². The lowest BCUT2D eigenvalue weighted by Crippen LogP contribution is -2.04. The summed E-state index contributed by atoms with van der Waals surface area (Å²) < 4.78 is 1.91. The first-order chi connectivity index (χ1) is 12.7. The summed E-state index contributed by atoms with van der Waals surface area (Å²) in [5.41, 5.74) is 10.5. The molecular weight excluding hydrogens is 326 g/mol. The third-order valence-corrected chi connectivity index (χ3v) is 4.11. The van der Waals surface area contributed by atoms with Gasteiger partial charge in [-0.1, -0.05) is 18.2 Å². The van der Waals surface area contributed by atoms with Crippen LogP contribution < -0.4 is 11.1 Å². The van der Waals surface area contributed by atoms with Crippen LogP contribution in [0.2, 0.25) is 0 Å². The second-order valence-corrected chi connectivity index (χ2v) is 5.66. The van der Waals surface area contributed by atoms with E-state index in [4.69, 9.17) is 12.3 Å². The molecule has 26 heavy (non-hydrogen) atoms. The average molecular weight is 341 g/mol. The summed E-state index contributed by atoms with van der Waals surface area (Å²) in [5, 5.41) is 3.05. The number of benzene rings is 1. The summed E-state index contributed by atoms with van der Waals surface area (Å²) in [6.07, 6.45) is 5.28. The Hall–Kier alpha value is -3.92. The molecule has 7 heteroatoms. The Kier molecular flexibility index (Phi) is 3.71. The van der Waals surface area contributed by atoms with E-state index in [0.717, 1.165) is 22.6 Å². The number of nitrogens with zero attached hydrogens (tertiary/aromatic N) is 5. The molecule has 0 atom stereocenters. The second kappa shape index (κ2) is 6.18. The van der Waals surface area contributed by atoms with Gasteiger partial charge in [0, 0.05) is 31.2 Å². The molecule has 0 saturated carbocycles. The lowest BCUT2D eigenvalue weighted by Gasteiger charge is -2.14. The van der Waals surface area contributed by atoms with Gasteiger partial charge in [-0.05, 0) is 23.8 Å². The van der Waals surface area contributed by atoms with Gasteiger partial charge >= 0.3 is 0 Å². The summed E-state index contributed by atoms with van der Waals surface area (Å²) in [4.78, 5) is 16.7. The predicted molar refractivity (Wildman–Crippen MR) is 102 cm³/mol. The van der Waals surface area contributed by atoms with E-state index in [9.17, 15) is 0 Å². The zero-order chi connectivity index (χ0) is 18.1. The monoisotopic (exact) mass is 341 g/mol. The third kappa shape index (κ3) is 2.50. The van der Waals surface area contributed by atoms with E-state index in [0.29, 0.717) is 22.8 Å². The van der Waals surface area contributed by atoms with Gasteiger partial charge in [0.25, 0.3) is 0 Å². The van der Waals surface area contributed by atoms with Gasteiger partial charge < -0.3 is 11.1 Å². The molecule has 0 radical (unpaired) electrons. The van der Waals surface area contributed by atoms with E-state index in [-0.39, 0.29) is 0 Å². The molecule has 7 nitrogen and oxygen atoms in total. The minimum absolute atomic E-state index is 0.338. The molecule has 4 aromatic rings. The van der Waals surface area contributed by atoms with Crippen molar-refractivity contribution in [2.24, 2.45) is 0 Å². The maximum atomic E-state index is 7.27. The lowest BCUT2D eigenvalue weighted by atomic mass is 10.0. The fourth-order valence-corrected chi connectivity index (χ4v) is 2.93. The van der Waals surface area contributed by atoms with Crippen LogP contribution in [0.25, 0.3) is 33.0 Å². The minimum Gasteiger partial charge on any atom is -0.381 e. The van der Waals surface area contributed by atoms with Gasteiger partial charge in [-0.15, -0.1) is 0 Å². The van der Waals surface area contributed by atoms with E-state index < -0.39 is 0 Å². The van der Waals surface area contributed by atoms with Crippen molar-refractivity contribution in [3.8, 4) is 22.5 Å². The number of nitrogen functional groups attached to an aromatic ring is 1. The van der Waals surface area contributed by atoms with E-state index >= 15 is 0 Å². The molecule has 0 aliphatic carbocycles. The smallest absolute Gasteiger partial charge is 0.187 e. The predicted octanol–water partition coefficient (Wildman–Crippen LogP) is 3.63. The standard InChI is InChI=1S/C19H15N7/c1-21-14-5-3-4-12(10-14)16-17(13-6-7-23-15(11-13)22-2)26-9-8-24-19(26)18(20)25-16/h3-11H,2H3,(H2,20,25)(H,22,23). The fraction of sp³-hybridized carbons (Fsp3) is 0.0526. The first kappa shape index (κ1) is 15.6. The highest BCUT2D eigenvalue weighted by atomic mass is 15.1. The number of hydrogen-bond acceptors (Lipinski definition) is 5. The van der Waals surface area contributed by atoms with Gasteiger partial charge in [-0.2, -0.15) is 0 Å². The van der Waals surface area contributed by atoms with Crippen molar-refractivity contribution in [2.45, 2.75) is 0 Å². The summed E-state index contributed by atoms with van der Waals surface area (Å²) in [5.74, 6) is 1.08. The molecule has 1 aromatic carbocycles. The van der Waals surface area contributed by atoms with Crippen molar-refractivity contribution >= 4 is 23.0 Å². The number of imidazole rings is 1. The number of hydrogen-bond donors (Lipinski definition) is 2. The third-order valence-electron chi connectivity index (χ3n) is 4.11. The van der Waals surface area contributed by atoms with Gasteiger partial charge in [0.2, 0.25) is 0 Å². The minimum atomic E-state index is 0.338. The Morgan fingerprint density at radius 3 is 2.81 bits per heavy atom.